The molecule has 11 heteroatoms. The molecule has 0 aliphatic heterocycles. The van der Waals surface area contributed by atoms with E-state index in [0.29, 0.717) is 6.54 Å². The number of carbonyl (C=O) groups is 1. The molecule has 1 heterocycles. The first-order valence-corrected chi connectivity index (χ1v) is 8.04. The number of rotatable bonds is 7. The van der Waals surface area contributed by atoms with Crippen molar-refractivity contribution < 1.29 is 4.79 Å². The zero-order chi connectivity index (χ0) is 15.0. The third kappa shape index (κ3) is 10.9. The monoisotopic (exact) mass is 388 g/mol. The van der Waals surface area contributed by atoms with Crippen molar-refractivity contribution in [2.24, 2.45) is 16.5 Å². The third-order valence-corrected chi connectivity index (χ3v) is 3.96. The summed E-state index contributed by atoms with van der Waals surface area (Å²) in [5.41, 5.74) is 11.4. The van der Waals surface area contributed by atoms with Crippen LogP contribution >= 0.6 is 47.9 Å². The van der Waals surface area contributed by atoms with E-state index < -0.39 is 6.03 Å². The Labute approximate surface area is 151 Å². The van der Waals surface area contributed by atoms with E-state index in [2.05, 4.69) is 25.6 Å². The number of thiazole rings is 1. The van der Waals surface area contributed by atoms with Gasteiger partial charge in [-0.15, -0.1) is 36.2 Å². The lowest BCUT2D eigenvalue weighted by atomic mass is 10.5. The lowest BCUT2D eigenvalue weighted by molar-refractivity contribution is 0.256. The van der Waals surface area contributed by atoms with Gasteiger partial charge < -0.3 is 21.7 Å². The number of nitrogens with two attached hydrogens (primary N) is 2. The molecule has 1 aromatic rings. The Kier molecular flexibility index (Phi) is 13.7. The molecule has 0 saturated carbocycles. The molecule has 0 atom stereocenters. The fourth-order valence-corrected chi connectivity index (χ4v) is 3.11. The van der Waals surface area contributed by atoms with Crippen LogP contribution < -0.4 is 16.8 Å². The molecule has 5 N–H and O–H groups in total. The number of guanidine groups is 1. The van der Waals surface area contributed by atoms with Gasteiger partial charge in [-0.05, 0) is 14.1 Å². The molecule has 7 nitrogen and oxygen atoms in total. The average molecular weight is 389 g/mol. The van der Waals surface area contributed by atoms with Crippen molar-refractivity contribution in [2.75, 3.05) is 26.4 Å². The average Bonchev–Trinajstić information content (AvgIpc) is 2.74. The standard InChI is InChI=1S/C11H20N6OS2.2ClH/c1-17(2)5-9-15-8(7-20-9)6-19-4-3-14-10(12)16-11(13)18;;/h7H,3-6H2,1-2H3,(H5,12,13,14,16,18);2*1H. The van der Waals surface area contributed by atoms with E-state index in [0.717, 1.165) is 28.8 Å². The summed E-state index contributed by atoms with van der Waals surface area (Å²) in [4.78, 5) is 20.5. The maximum absolute atomic E-state index is 10.5. The number of nitrogens with one attached hydrogen (secondary N) is 1. The number of amides is 2. The highest BCUT2D eigenvalue weighted by Gasteiger charge is 2.03. The molecule has 22 heavy (non-hydrogen) atoms. The molecular formula is C11H22Cl2N6OS2. The van der Waals surface area contributed by atoms with Gasteiger partial charge in [-0.25, -0.2) is 9.78 Å². The minimum Gasteiger partial charge on any atom is -0.370 e. The third-order valence-electron chi connectivity index (χ3n) is 2.08. The summed E-state index contributed by atoms with van der Waals surface area (Å²) in [6, 6.07) is -0.793. The molecule has 0 bridgehead atoms. The van der Waals surface area contributed by atoms with Crippen LogP contribution in [0.3, 0.4) is 0 Å². The van der Waals surface area contributed by atoms with Gasteiger partial charge >= 0.3 is 6.03 Å². The summed E-state index contributed by atoms with van der Waals surface area (Å²) in [6.07, 6.45) is 0. The summed E-state index contributed by atoms with van der Waals surface area (Å²) in [7, 11) is 4.05. The number of thioether (sulfide) groups is 1. The van der Waals surface area contributed by atoms with Crippen LogP contribution in [0, 0.1) is 0 Å². The first-order valence-electron chi connectivity index (χ1n) is 6.00. The van der Waals surface area contributed by atoms with Gasteiger partial charge in [0.15, 0.2) is 5.96 Å². The van der Waals surface area contributed by atoms with Crippen molar-refractivity contribution in [3.05, 3.63) is 16.1 Å². The Morgan fingerprint density at radius 3 is 2.73 bits per heavy atom. The summed E-state index contributed by atoms with van der Waals surface area (Å²) >= 11 is 3.42. The van der Waals surface area contributed by atoms with Gasteiger partial charge in [0.2, 0.25) is 0 Å². The zero-order valence-corrected chi connectivity index (χ0v) is 15.7. The van der Waals surface area contributed by atoms with Gasteiger partial charge in [-0.3, -0.25) is 0 Å². The number of aliphatic imine (C=N–C) groups is 1. The molecule has 1 rings (SSSR count). The van der Waals surface area contributed by atoms with E-state index in [9.17, 15) is 4.79 Å². The highest BCUT2D eigenvalue weighted by molar-refractivity contribution is 7.98. The minimum atomic E-state index is -0.793. The predicted molar refractivity (Wildman–Crippen MR) is 99.4 cm³/mol. The quantitative estimate of drug-likeness (QED) is 0.368. The van der Waals surface area contributed by atoms with Crippen molar-refractivity contribution >= 4 is 59.9 Å². The molecule has 0 fully saturated rings. The van der Waals surface area contributed by atoms with Gasteiger partial charge in [0.05, 0.1) is 5.69 Å². The molecule has 2 amide bonds. The number of aromatic nitrogens is 1. The fraction of sp³-hybridized carbons (Fsp3) is 0.545. The molecule has 0 aromatic carbocycles. The van der Waals surface area contributed by atoms with Crippen molar-refractivity contribution in [1.29, 1.82) is 0 Å². The molecule has 128 valence electrons. The van der Waals surface area contributed by atoms with Crippen molar-refractivity contribution in [3.63, 3.8) is 0 Å². The van der Waals surface area contributed by atoms with E-state index in [1.807, 2.05) is 14.1 Å². The second kappa shape index (κ2) is 12.8. The number of carbonyl (C=O) groups excluding carboxylic acids is 1. The highest BCUT2D eigenvalue weighted by atomic mass is 35.5. The van der Waals surface area contributed by atoms with Crippen LogP contribution in [0.2, 0.25) is 0 Å². The Morgan fingerprint density at radius 2 is 2.14 bits per heavy atom. The first kappa shape index (κ1) is 23.5. The van der Waals surface area contributed by atoms with E-state index >= 15 is 0 Å². The lowest BCUT2D eigenvalue weighted by Gasteiger charge is -2.05. The van der Waals surface area contributed by atoms with Crippen molar-refractivity contribution in [2.45, 2.75) is 12.3 Å². The van der Waals surface area contributed by atoms with Crippen molar-refractivity contribution in [1.82, 2.24) is 15.2 Å². The lowest BCUT2D eigenvalue weighted by Crippen LogP contribution is -2.34. The zero-order valence-electron chi connectivity index (χ0n) is 12.4. The SMILES string of the molecule is CN(C)Cc1nc(CSCCNC(N)=NC(N)=O)cs1.Cl.Cl. The second-order valence-corrected chi connectivity index (χ2v) is 6.33. The number of primary amides is 1. The Morgan fingerprint density at radius 1 is 1.45 bits per heavy atom. The van der Waals surface area contributed by atoms with Gasteiger partial charge in [-0.2, -0.15) is 16.8 Å². The fourth-order valence-electron chi connectivity index (χ4n) is 1.34. The highest BCUT2D eigenvalue weighted by Crippen LogP contribution is 2.16. The predicted octanol–water partition coefficient (Wildman–Crippen LogP) is 1.26. The van der Waals surface area contributed by atoms with Crippen LogP contribution in [0.1, 0.15) is 10.7 Å². The Balaban J connectivity index is 0. The number of nitrogens with zero attached hydrogens (tertiary/aromatic N) is 3. The minimum absolute atomic E-state index is 0. The molecule has 0 unspecified atom stereocenters. The summed E-state index contributed by atoms with van der Waals surface area (Å²) in [5.74, 6) is 1.76. The number of hydrogen-bond acceptors (Lipinski definition) is 5. The van der Waals surface area contributed by atoms with Crippen LogP contribution in [-0.2, 0) is 12.3 Å². The second-order valence-electron chi connectivity index (χ2n) is 4.29. The number of hydrogen-bond donors (Lipinski definition) is 3. The molecule has 0 saturated heterocycles. The van der Waals surface area contributed by atoms with Crippen LogP contribution in [0.15, 0.2) is 10.4 Å². The summed E-state index contributed by atoms with van der Waals surface area (Å²) < 4.78 is 0. The molecular weight excluding hydrogens is 367 g/mol. The Hall–Kier alpha value is -0.740. The van der Waals surface area contributed by atoms with Crippen LogP contribution in [0.25, 0.3) is 0 Å². The number of halogens is 2. The smallest absolute Gasteiger partial charge is 0.341 e. The summed E-state index contributed by atoms with van der Waals surface area (Å²) in [6.45, 7) is 1.50. The normalized spacial score (nSPS) is 10.8. The maximum atomic E-state index is 10.5. The van der Waals surface area contributed by atoms with Gasteiger partial charge in [-0.1, -0.05) is 0 Å². The van der Waals surface area contributed by atoms with E-state index in [1.165, 1.54) is 0 Å². The first-order chi connectivity index (χ1) is 9.47. The molecule has 0 spiro atoms. The van der Waals surface area contributed by atoms with Crippen LogP contribution in [-0.4, -0.2) is 48.3 Å². The van der Waals surface area contributed by atoms with Gasteiger partial charge in [0.25, 0.3) is 0 Å². The molecule has 0 aliphatic rings. The maximum Gasteiger partial charge on any atom is 0.341 e. The Bertz CT molecular complexity index is 469. The van der Waals surface area contributed by atoms with E-state index in [-0.39, 0.29) is 30.8 Å². The van der Waals surface area contributed by atoms with E-state index in [1.54, 1.807) is 23.1 Å². The number of urea groups is 1. The van der Waals surface area contributed by atoms with Crippen LogP contribution in [0.5, 0.6) is 0 Å². The molecule has 0 aliphatic carbocycles. The van der Waals surface area contributed by atoms with Gasteiger partial charge in [0, 0.05) is 30.0 Å². The van der Waals surface area contributed by atoms with Crippen molar-refractivity contribution in [3.8, 4) is 0 Å². The molecule has 1 aromatic heterocycles. The van der Waals surface area contributed by atoms with Crippen LogP contribution in [0.4, 0.5) is 4.79 Å². The van der Waals surface area contributed by atoms with Gasteiger partial charge in [0.1, 0.15) is 5.01 Å². The topological polar surface area (TPSA) is 110 Å². The summed E-state index contributed by atoms with van der Waals surface area (Å²) in [5, 5.41) is 6.03. The van der Waals surface area contributed by atoms with E-state index in [4.69, 9.17) is 11.5 Å². The molecule has 0 radical (unpaired) electrons. The largest absolute Gasteiger partial charge is 0.370 e.